The van der Waals surface area contributed by atoms with Gasteiger partial charge in [0, 0.05) is 6.42 Å². The van der Waals surface area contributed by atoms with E-state index < -0.39 is 6.10 Å². The van der Waals surface area contributed by atoms with E-state index in [0.717, 1.165) is 11.1 Å². The predicted octanol–water partition coefficient (Wildman–Crippen LogP) is 3.83. The summed E-state index contributed by atoms with van der Waals surface area (Å²) in [6, 6.07) is 13.9. The van der Waals surface area contributed by atoms with Gasteiger partial charge in [0.1, 0.15) is 0 Å². The molecule has 0 aliphatic carbocycles. The first-order valence-electron chi connectivity index (χ1n) is 7.74. The van der Waals surface area contributed by atoms with E-state index in [9.17, 15) is 5.11 Å². The van der Waals surface area contributed by atoms with Crippen LogP contribution < -0.4 is 5.73 Å². The number of hydrogen-bond donors (Lipinski definition) is 3. The molecule has 3 heteroatoms. The summed E-state index contributed by atoms with van der Waals surface area (Å²) in [6.07, 6.45) is 3.54. The van der Waals surface area contributed by atoms with Gasteiger partial charge >= 0.3 is 0 Å². The molecule has 0 saturated heterocycles. The van der Waals surface area contributed by atoms with Gasteiger partial charge in [0.15, 0.2) is 1.41 Å². The van der Waals surface area contributed by atoms with Crippen molar-refractivity contribution in [3.8, 4) is 0 Å². The average Bonchev–Trinajstić information content (AvgIpc) is 2.54. The van der Waals surface area contributed by atoms with Crippen molar-refractivity contribution >= 4 is 18.0 Å². The summed E-state index contributed by atoms with van der Waals surface area (Å²) in [5.41, 5.74) is 11.0. The number of hydrogen-bond acceptors (Lipinski definition) is 2. The lowest BCUT2D eigenvalue weighted by Crippen LogP contribution is -2.14. The maximum atomic E-state index is 10.2. The van der Waals surface area contributed by atoms with Crippen LogP contribution in [0.2, 0.25) is 1.41 Å². The van der Waals surface area contributed by atoms with Crippen molar-refractivity contribution in [2.24, 2.45) is 5.73 Å². The molecule has 1 unspecified atom stereocenters. The van der Waals surface area contributed by atoms with Crippen LogP contribution in [0.5, 0.6) is 0 Å². The molecule has 0 heterocycles. The molecule has 0 aliphatic heterocycles. The molecule has 2 aromatic carbocycles. The van der Waals surface area contributed by atoms with Crippen LogP contribution in [0.25, 0.3) is 12.2 Å². The second kappa shape index (κ2) is 7.05. The molecule has 0 spiro atoms. The summed E-state index contributed by atoms with van der Waals surface area (Å²) in [5.74, 6) is 0.119. The van der Waals surface area contributed by atoms with Crippen molar-refractivity contribution in [1.29, 1.82) is 5.40 Å². The Hall–Kier alpha value is -2.39. The third-order valence-electron chi connectivity index (χ3n) is 3.68. The number of aliphatic hydroxyl groups excluding tert-OH is 1. The lowest BCUT2D eigenvalue weighted by molar-refractivity contribution is 0.186. The lowest BCUT2D eigenvalue weighted by Gasteiger charge is -2.10. The highest BCUT2D eigenvalue weighted by Crippen LogP contribution is 2.20. The fourth-order valence-electron chi connectivity index (χ4n) is 2.46. The molecule has 0 radical (unpaired) electrons. The van der Waals surface area contributed by atoms with E-state index in [-0.39, 0.29) is 12.3 Å². The van der Waals surface area contributed by atoms with Crippen molar-refractivity contribution in [2.75, 3.05) is 0 Å². The molecule has 0 aliphatic rings. The summed E-state index contributed by atoms with van der Waals surface area (Å²) in [5, 5.41) is 13.3. The zero-order valence-electron chi connectivity index (χ0n) is 14.0. The van der Waals surface area contributed by atoms with E-state index in [1.54, 1.807) is 0 Å². The largest absolute Gasteiger partial charge is 0.388 e. The molecular formula is C19H22N2O. The molecule has 0 saturated carbocycles. The summed E-state index contributed by atoms with van der Waals surface area (Å²) >= 11 is 0. The Morgan fingerprint density at radius 1 is 1.23 bits per heavy atom. The van der Waals surface area contributed by atoms with Gasteiger partial charge < -0.3 is 10.8 Å². The van der Waals surface area contributed by atoms with E-state index in [4.69, 9.17) is 7.15 Å². The van der Waals surface area contributed by atoms with Gasteiger partial charge in [0.05, 0.1) is 11.9 Å². The van der Waals surface area contributed by atoms with Crippen LogP contribution in [0.3, 0.4) is 0 Å². The highest BCUT2D eigenvalue weighted by Gasteiger charge is 2.08. The third kappa shape index (κ3) is 4.06. The molecule has 22 heavy (non-hydrogen) atoms. The van der Waals surface area contributed by atoms with Gasteiger partial charge in [0.2, 0.25) is 0 Å². The maximum absolute atomic E-state index is 10.2. The van der Waals surface area contributed by atoms with E-state index in [2.05, 4.69) is 43.5 Å². The van der Waals surface area contributed by atoms with Crippen LogP contribution in [0, 0.1) is 19.2 Å². The van der Waals surface area contributed by atoms with Crippen molar-refractivity contribution in [3.05, 3.63) is 70.3 Å². The Balaban J connectivity index is 2.22. The zero-order valence-corrected chi connectivity index (χ0v) is 13.0. The summed E-state index contributed by atoms with van der Waals surface area (Å²) in [4.78, 5) is 0. The number of benzene rings is 2. The van der Waals surface area contributed by atoms with E-state index in [1.165, 1.54) is 16.7 Å². The second-order valence-electron chi connectivity index (χ2n) is 5.52. The van der Waals surface area contributed by atoms with Gasteiger partial charge in [0.25, 0.3) is 0 Å². The van der Waals surface area contributed by atoms with Crippen LogP contribution in [-0.4, -0.2) is 10.9 Å². The molecule has 0 aromatic heterocycles. The molecule has 2 aromatic rings. The molecule has 0 fully saturated rings. The van der Waals surface area contributed by atoms with Crippen molar-refractivity contribution in [3.63, 3.8) is 0 Å². The maximum Gasteiger partial charge on any atom is 0.189 e. The van der Waals surface area contributed by atoms with Crippen LogP contribution in [0.15, 0.2) is 42.5 Å². The second-order valence-corrected chi connectivity index (χ2v) is 5.52. The van der Waals surface area contributed by atoms with Gasteiger partial charge in [-0.15, -0.1) is 0 Å². The van der Waals surface area contributed by atoms with Crippen LogP contribution >= 0.6 is 0 Å². The standard InChI is InChI=1S/C19H22N2O/c1-13-5-3-6-14(2)17(13)10-9-15-7-4-8-16(11-15)18(22)12-19(20)21/h3-11,18,22H,12H2,1-2H3,(H3,20,21). The number of aliphatic hydroxyl groups is 1. The monoisotopic (exact) mass is 294 g/mol. The number of nitrogens with two attached hydrogens (primary N) is 1. The Morgan fingerprint density at radius 3 is 2.59 bits per heavy atom. The first-order valence-corrected chi connectivity index (χ1v) is 7.30. The predicted molar refractivity (Wildman–Crippen MR) is 92.8 cm³/mol. The quantitative estimate of drug-likeness (QED) is 0.445. The van der Waals surface area contributed by atoms with Crippen molar-refractivity contribution in [1.82, 2.24) is 0 Å². The van der Waals surface area contributed by atoms with Gasteiger partial charge in [-0.2, -0.15) is 0 Å². The van der Waals surface area contributed by atoms with Crippen LogP contribution in [0.1, 0.15) is 40.3 Å². The number of nitrogens with one attached hydrogen (secondary N) is 1. The molecule has 2 rings (SSSR count). The Bertz CT molecular complexity index is 718. The summed E-state index contributed by atoms with van der Waals surface area (Å²) in [7, 11) is 0. The number of aryl methyl sites for hydroxylation is 2. The number of rotatable bonds is 5. The molecule has 0 amide bonds. The van der Waals surface area contributed by atoms with Crippen LogP contribution in [0.4, 0.5) is 0 Å². The van der Waals surface area contributed by atoms with Crippen molar-refractivity contribution < 1.29 is 6.52 Å². The van der Waals surface area contributed by atoms with E-state index >= 15 is 0 Å². The topological polar surface area (TPSA) is 70.1 Å². The summed E-state index contributed by atoms with van der Waals surface area (Å²) in [6.45, 7) is 4.19. The molecule has 0 bridgehead atoms. The van der Waals surface area contributed by atoms with Gasteiger partial charge in [-0.3, -0.25) is 5.40 Å². The van der Waals surface area contributed by atoms with Crippen LogP contribution in [-0.2, 0) is 0 Å². The van der Waals surface area contributed by atoms with Gasteiger partial charge in [-0.05, 0) is 47.7 Å². The summed E-state index contributed by atoms with van der Waals surface area (Å²) < 4.78 is 6.85. The first-order chi connectivity index (χ1) is 11.0. The normalized spacial score (nSPS) is 14.1. The smallest absolute Gasteiger partial charge is 0.189 e. The van der Waals surface area contributed by atoms with E-state index in [0.29, 0.717) is 0 Å². The minimum atomic E-state index is -0.752. The molecule has 1 atom stereocenters. The minimum absolute atomic E-state index is 0.119. The highest BCUT2D eigenvalue weighted by atomic mass is 16.3. The molecule has 3 nitrogen and oxygen atoms in total. The Labute approximate surface area is 133 Å². The van der Waals surface area contributed by atoms with E-state index in [1.807, 2.05) is 30.3 Å². The molecule has 114 valence electrons. The number of amidine groups is 1. The highest BCUT2D eigenvalue weighted by molar-refractivity contribution is 5.77. The lowest BCUT2D eigenvalue weighted by atomic mass is 10.00. The fraction of sp³-hybridized carbons (Fsp3) is 0.211. The molecule has 4 N–H and O–H groups in total. The zero-order chi connectivity index (χ0) is 16.8. The fourth-order valence-corrected chi connectivity index (χ4v) is 2.46. The van der Waals surface area contributed by atoms with Crippen molar-refractivity contribution in [2.45, 2.75) is 26.4 Å². The first kappa shape index (κ1) is 14.5. The van der Waals surface area contributed by atoms with Gasteiger partial charge in [-0.25, -0.2) is 0 Å². The Kier molecular flexibility index (Phi) is 4.66. The third-order valence-corrected chi connectivity index (χ3v) is 3.68. The molecular weight excluding hydrogens is 272 g/mol. The SMILES string of the molecule is [H]/N=C(/N)CC(O)c1cccc(C=Cc2c(C)cccc2C)c1. The van der Waals surface area contributed by atoms with Gasteiger partial charge in [-0.1, -0.05) is 48.6 Å². The average molecular weight is 294 g/mol. The Morgan fingerprint density at radius 2 is 1.91 bits per heavy atom. The minimum Gasteiger partial charge on any atom is -0.388 e.